The molecule has 0 bridgehead atoms. The van der Waals surface area contributed by atoms with Crippen LogP contribution in [0.1, 0.15) is 45.1 Å². The number of hydrogen-bond acceptors (Lipinski definition) is 5. The van der Waals surface area contributed by atoms with E-state index < -0.39 is 11.9 Å². The minimum Gasteiger partial charge on any atom is -0.463 e. The Kier molecular flexibility index (Phi) is 8.42. The van der Waals surface area contributed by atoms with Gasteiger partial charge in [0.2, 0.25) is 0 Å². The number of allylic oxidation sites excluding steroid dienone is 2. The fourth-order valence-corrected chi connectivity index (χ4v) is 3.84. The summed E-state index contributed by atoms with van der Waals surface area (Å²) in [6.07, 6.45) is 0.837. The fraction of sp³-hybridized carbons (Fsp3) is 0.455. The highest BCUT2D eigenvalue weighted by molar-refractivity contribution is 6.31. The van der Waals surface area contributed by atoms with Crippen LogP contribution < -0.4 is 5.73 Å². The van der Waals surface area contributed by atoms with E-state index in [0.717, 1.165) is 16.7 Å². The van der Waals surface area contributed by atoms with Gasteiger partial charge >= 0.3 is 5.97 Å². The zero-order valence-corrected chi connectivity index (χ0v) is 17.5. The average Bonchev–Trinajstić information content (AvgIpc) is 2.67. The van der Waals surface area contributed by atoms with E-state index in [1.807, 2.05) is 32.0 Å². The Balaban J connectivity index is 2.67. The van der Waals surface area contributed by atoms with Gasteiger partial charge in [-0.25, -0.2) is 4.79 Å². The Bertz CT molecular complexity index is 797. The molecule has 0 spiro atoms. The molecule has 5 nitrogen and oxygen atoms in total. The number of hydrogen-bond donors (Lipinski definition) is 1. The number of Topliss-reactive ketones (excluding diaryl/α,β-unsaturated/α-hetero) is 1. The first kappa shape index (κ1) is 22.3. The Morgan fingerprint density at radius 3 is 2.54 bits per heavy atom. The lowest BCUT2D eigenvalue weighted by molar-refractivity contribution is -0.138. The number of ether oxygens (including phenoxy) is 2. The molecule has 0 amide bonds. The summed E-state index contributed by atoms with van der Waals surface area (Å²) in [4.78, 5) is 25.8. The predicted octanol–water partition coefficient (Wildman–Crippen LogP) is 3.96. The van der Waals surface area contributed by atoms with Gasteiger partial charge in [-0.2, -0.15) is 0 Å². The lowest BCUT2D eigenvalue weighted by atomic mass is 9.73. The summed E-state index contributed by atoms with van der Waals surface area (Å²) in [5.41, 5.74) is 9.06. The van der Waals surface area contributed by atoms with Crippen molar-refractivity contribution in [3.63, 3.8) is 0 Å². The molecule has 1 unspecified atom stereocenters. The largest absolute Gasteiger partial charge is 0.463 e. The maximum absolute atomic E-state index is 13.0. The number of esters is 1. The first-order valence-corrected chi connectivity index (χ1v) is 9.98. The van der Waals surface area contributed by atoms with Crippen molar-refractivity contribution in [1.29, 1.82) is 0 Å². The van der Waals surface area contributed by atoms with Crippen molar-refractivity contribution >= 4 is 23.4 Å². The number of carbonyl (C=O) groups excluding carboxylic acids is 2. The first-order valence-electron chi connectivity index (χ1n) is 9.60. The molecule has 2 rings (SSSR count). The molecule has 0 fully saturated rings. The molecule has 0 saturated heterocycles. The van der Waals surface area contributed by atoms with E-state index in [0.29, 0.717) is 42.2 Å². The van der Waals surface area contributed by atoms with Crippen molar-refractivity contribution < 1.29 is 19.1 Å². The summed E-state index contributed by atoms with van der Waals surface area (Å²) in [5, 5.41) is 0.507. The third-order valence-corrected chi connectivity index (χ3v) is 5.11. The second-order valence-corrected chi connectivity index (χ2v) is 7.09. The minimum absolute atomic E-state index is 0.00569. The second kappa shape index (κ2) is 10.6. The van der Waals surface area contributed by atoms with Crippen LogP contribution in [-0.4, -0.2) is 38.1 Å². The SMILES string of the molecule is CCOC(=O)C1=C(COCCN)CC(C)=C(C(=O)CC)C1c1ccccc1Cl. The Morgan fingerprint density at radius 1 is 1.21 bits per heavy atom. The van der Waals surface area contributed by atoms with Crippen molar-refractivity contribution in [2.75, 3.05) is 26.4 Å². The summed E-state index contributed by atoms with van der Waals surface area (Å²) in [6.45, 7) is 6.79. The third-order valence-electron chi connectivity index (χ3n) is 4.77. The van der Waals surface area contributed by atoms with Gasteiger partial charge in [0, 0.05) is 29.5 Å². The van der Waals surface area contributed by atoms with E-state index in [9.17, 15) is 9.59 Å². The highest BCUT2D eigenvalue weighted by Crippen LogP contribution is 2.45. The fourth-order valence-electron chi connectivity index (χ4n) is 3.59. The maximum atomic E-state index is 13.0. The minimum atomic E-state index is -0.564. The van der Waals surface area contributed by atoms with Gasteiger partial charge in [-0.3, -0.25) is 4.79 Å². The molecule has 28 heavy (non-hydrogen) atoms. The molecule has 1 aliphatic rings. The van der Waals surface area contributed by atoms with Crippen molar-refractivity contribution in [3.05, 3.63) is 57.1 Å². The van der Waals surface area contributed by atoms with Crippen LogP contribution >= 0.6 is 11.6 Å². The Hall–Kier alpha value is -1.95. The molecule has 0 saturated carbocycles. The molecule has 0 heterocycles. The van der Waals surface area contributed by atoms with Crippen LogP contribution in [0, 0.1) is 0 Å². The van der Waals surface area contributed by atoms with E-state index in [4.69, 9.17) is 26.8 Å². The van der Waals surface area contributed by atoms with Crippen molar-refractivity contribution in [3.8, 4) is 0 Å². The topological polar surface area (TPSA) is 78.6 Å². The summed E-state index contributed by atoms with van der Waals surface area (Å²) in [7, 11) is 0. The standard InChI is InChI=1S/C22H28ClNO4/c1-4-18(25)19-14(3)12-15(13-27-11-10-24)20(22(26)28-5-2)21(19)16-8-6-7-9-17(16)23/h6-9,21H,4-5,10-13,24H2,1-3H3. The third kappa shape index (κ3) is 4.90. The monoisotopic (exact) mass is 405 g/mol. The quantitative estimate of drug-likeness (QED) is 0.497. The summed E-state index contributed by atoms with van der Waals surface area (Å²) in [6, 6.07) is 7.30. The number of carbonyl (C=O) groups is 2. The van der Waals surface area contributed by atoms with E-state index >= 15 is 0 Å². The predicted molar refractivity (Wildman–Crippen MR) is 110 cm³/mol. The zero-order chi connectivity index (χ0) is 20.7. The highest BCUT2D eigenvalue weighted by Gasteiger charge is 2.38. The summed E-state index contributed by atoms with van der Waals surface area (Å²) < 4.78 is 11.0. The number of ketones is 1. The molecule has 1 aromatic rings. The molecule has 0 aromatic heterocycles. The van der Waals surface area contributed by atoms with E-state index in [2.05, 4.69) is 0 Å². The molecule has 0 radical (unpaired) electrons. The molecular weight excluding hydrogens is 378 g/mol. The van der Waals surface area contributed by atoms with Gasteiger partial charge in [0.1, 0.15) is 0 Å². The molecule has 0 aliphatic heterocycles. The highest BCUT2D eigenvalue weighted by atomic mass is 35.5. The second-order valence-electron chi connectivity index (χ2n) is 6.68. The lowest BCUT2D eigenvalue weighted by Crippen LogP contribution is -2.27. The van der Waals surface area contributed by atoms with Crippen LogP contribution in [0.2, 0.25) is 5.02 Å². The summed E-state index contributed by atoms with van der Waals surface area (Å²) in [5.74, 6) is -0.996. The average molecular weight is 406 g/mol. The normalized spacial score (nSPS) is 17.1. The van der Waals surface area contributed by atoms with Gasteiger partial charge in [-0.15, -0.1) is 0 Å². The zero-order valence-electron chi connectivity index (χ0n) is 16.7. The molecular formula is C22H28ClNO4. The maximum Gasteiger partial charge on any atom is 0.335 e. The van der Waals surface area contributed by atoms with E-state index in [1.165, 1.54) is 0 Å². The van der Waals surface area contributed by atoms with Crippen LogP contribution in [0.5, 0.6) is 0 Å². The van der Waals surface area contributed by atoms with Gasteiger partial charge in [0.15, 0.2) is 5.78 Å². The number of nitrogens with two attached hydrogens (primary N) is 1. The smallest absolute Gasteiger partial charge is 0.335 e. The van der Waals surface area contributed by atoms with Crippen LogP contribution in [-0.2, 0) is 19.1 Å². The van der Waals surface area contributed by atoms with Crippen LogP contribution in [0.4, 0.5) is 0 Å². The van der Waals surface area contributed by atoms with Crippen molar-refractivity contribution in [2.24, 2.45) is 5.73 Å². The number of benzene rings is 1. The Morgan fingerprint density at radius 2 is 1.93 bits per heavy atom. The number of rotatable bonds is 9. The van der Waals surface area contributed by atoms with Gasteiger partial charge < -0.3 is 15.2 Å². The van der Waals surface area contributed by atoms with Crippen molar-refractivity contribution in [1.82, 2.24) is 0 Å². The molecule has 1 atom stereocenters. The molecule has 1 aliphatic carbocycles. The lowest BCUT2D eigenvalue weighted by Gasteiger charge is -2.31. The van der Waals surface area contributed by atoms with Crippen LogP contribution in [0.25, 0.3) is 0 Å². The molecule has 2 N–H and O–H groups in total. The van der Waals surface area contributed by atoms with E-state index in [-0.39, 0.29) is 19.0 Å². The van der Waals surface area contributed by atoms with Gasteiger partial charge in [0.25, 0.3) is 0 Å². The van der Waals surface area contributed by atoms with Gasteiger partial charge in [0.05, 0.1) is 25.4 Å². The van der Waals surface area contributed by atoms with Crippen molar-refractivity contribution in [2.45, 2.75) is 39.5 Å². The Labute approximate surface area is 171 Å². The van der Waals surface area contributed by atoms with Crippen LogP contribution in [0.3, 0.4) is 0 Å². The van der Waals surface area contributed by atoms with Crippen LogP contribution in [0.15, 0.2) is 46.6 Å². The molecule has 6 heteroatoms. The van der Waals surface area contributed by atoms with Gasteiger partial charge in [-0.1, -0.05) is 42.3 Å². The summed E-state index contributed by atoms with van der Waals surface area (Å²) >= 11 is 6.48. The number of halogens is 1. The van der Waals surface area contributed by atoms with Gasteiger partial charge in [-0.05, 0) is 37.5 Å². The molecule has 152 valence electrons. The first-order chi connectivity index (χ1) is 13.5. The van der Waals surface area contributed by atoms with E-state index in [1.54, 1.807) is 13.0 Å². The molecule has 1 aromatic carbocycles.